The number of phenols is 1. The lowest BCUT2D eigenvalue weighted by Crippen LogP contribution is -2.24. The number of thiophene rings is 1. The molecule has 0 aliphatic carbocycles. The van der Waals surface area contributed by atoms with E-state index in [9.17, 15) is 4.79 Å². The fraction of sp³-hybridized carbons (Fsp3) is 0.154. The van der Waals surface area contributed by atoms with Gasteiger partial charge in [0.15, 0.2) is 0 Å². The van der Waals surface area contributed by atoms with Crippen LogP contribution < -0.4 is 5.32 Å². The summed E-state index contributed by atoms with van der Waals surface area (Å²) in [5, 5.41) is 12.0. The predicted molar refractivity (Wildman–Crippen MR) is 76.2 cm³/mol. The summed E-state index contributed by atoms with van der Waals surface area (Å²) in [6, 6.07) is 10.7. The fourth-order valence-electron chi connectivity index (χ4n) is 1.51. The van der Waals surface area contributed by atoms with Gasteiger partial charge in [0.05, 0.1) is 8.66 Å². The average Bonchev–Trinajstić information content (AvgIpc) is 2.78. The maximum absolute atomic E-state index is 11.7. The van der Waals surface area contributed by atoms with Crippen molar-refractivity contribution < 1.29 is 9.90 Å². The summed E-state index contributed by atoms with van der Waals surface area (Å²) < 4.78 is 0.950. The van der Waals surface area contributed by atoms with Crippen LogP contribution in [-0.4, -0.2) is 17.6 Å². The summed E-state index contributed by atoms with van der Waals surface area (Å²) in [4.78, 5) is 12.4. The highest BCUT2D eigenvalue weighted by Gasteiger charge is 2.07. The SMILES string of the molecule is O=C(NCCc1ccc(O)cc1)c1ccc(Br)s1. The lowest BCUT2D eigenvalue weighted by atomic mass is 10.1. The van der Waals surface area contributed by atoms with Crippen molar-refractivity contribution in [2.75, 3.05) is 6.54 Å². The summed E-state index contributed by atoms with van der Waals surface area (Å²) in [6.07, 6.45) is 0.749. The number of amides is 1. The van der Waals surface area contributed by atoms with Crippen LogP contribution >= 0.6 is 27.3 Å². The number of rotatable bonds is 4. The first-order valence-corrected chi connectivity index (χ1v) is 7.07. The quantitative estimate of drug-likeness (QED) is 0.907. The number of phenolic OH excluding ortho intramolecular Hbond substituents is 1. The summed E-state index contributed by atoms with van der Waals surface area (Å²) >= 11 is 4.74. The second-order valence-electron chi connectivity index (χ2n) is 3.78. The van der Waals surface area contributed by atoms with Gasteiger partial charge in [0, 0.05) is 6.54 Å². The van der Waals surface area contributed by atoms with E-state index in [0.717, 1.165) is 15.8 Å². The van der Waals surface area contributed by atoms with Crippen molar-refractivity contribution in [2.45, 2.75) is 6.42 Å². The van der Waals surface area contributed by atoms with Gasteiger partial charge in [-0.2, -0.15) is 0 Å². The molecule has 2 aromatic rings. The number of aromatic hydroxyl groups is 1. The van der Waals surface area contributed by atoms with Gasteiger partial charge >= 0.3 is 0 Å². The third-order valence-corrected chi connectivity index (χ3v) is 4.05. The number of benzene rings is 1. The first kappa shape index (κ1) is 13.1. The van der Waals surface area contributed by atoms with E-state index in [4.69, 9.17) is 5.11 Å². The monoisotopic (exact) mass is 325 g/mol. The van der Waals surface area contributed by atoms with Gasteiger partial charge in [-0.3, -0.25) is 4.79 Å². The predicted octanol–water partition coefficient (Wildman–Crippen LogP) is 3.19. The average molecular weight is 326 g/mol. The van der Waals surface area contributed by atoms with Crippen LogP contribution in [0.3, 0.4) is 0 Å². The molecule has 1 amide bonds. The first-order valence-electron chi connectivity index (χ1n) is 5.46. The maximum Gasteiger partial charge on any atom is 0.261 e. The highest BCUT2D eigenvalue weighted by atomic mass is 79.9. The smallest absolute Gasteiger partial charge is 0.261 e. The van der Waals surface area contributed by atoms with Crippen molar-refractivity contribution in [3.8, 4) is 5.75 Å². The standard InChI is InChI=1S/C13H12BrNO2S/c14-12-6-5-11(18-12)13(17)15-8-7-9-1-3-10(16)4-2-9/h1-6,16H,7-8H2,(H,15,17). The third-order valence-electron chi connectivity index (χ3n) is 2.43. The molecule has 0 aliphatic heterocycles. The van der Waals surface area contributed by atoms with Gasteiger partial charge in [-0.25, -0.2) is 0 Å². The van der Waals surface area contributed by atoms with E-state index in [1.54, 1.807) is 18.2 Å². The molecule has 3 nitrogen and oxygen atoms in total. The lowest BCUT2D eigenvalue weighted by Gasteiger charge is -2.04. The second-order valence-corrected chi connectivity index (χ2v) is 6.24. The third kappa shape index (κ3) is 3.58. The molecule has 0 bridgehead atoms. The topological polar surface area (TPSA) is 49.3 Å². The number of carbonyl (C=O) groups is 1. The summed E-state index contributed by atoms with van der Waals surface area (Å²) in [6.45, 7) is 0.582. The van der Waals surface area contributed by atoms with Gasteiger partial charge in [0.1, 0.15) is 5.75 Å². The van der Waals surface area contributed by atoms with Crippen molar-refractivity contribution in [1.29, 1.82) is 0 Å². The molecule has 2 rings (SSSR count). The molecule has 0 saturated carbocycles. The summed E-state index contributed by atoms with van der Waals surface area (Å²) in [7, 11) is 0. The van der Waals surface area contributed by atoms with Crippen molar-refractivity contribution in [1.82, 2.24) is 5.32 Å². The molecule has 94 valence electrons. The second kappa shape index (κ2) is 6.02. The molecule has 0 radical (unpaired) electrons. The number of hydrogen-bond donors (Lipinski definition) is 2. The van der Waals surface area contributed by atoms with Gasteiger partial charge < -0.3 is 10.4 Å². The van der Waals surface area contributed by atoms with Crippen molar-refractivity contribution in [3.05, 3.63) is 50.6 Å². The molecule has 0 saturated heterocycles. The van der Waals surface area contributed by atoms with E-state index in [0.29, 0.717) is 11.4 Å². The zero-order valence-corrected chi connectivity index (χ0v) is 11.9. The summed E-state index contributed by atoms with van der Waals surface area (Å²) in [5.41, 5.74) is 1.08. The van der Waals surface area contributed by atoms with Crippen LogP contribution in [0.15, 0.2) is 40.2 Å². The zero-order valence-electron chi connectivity index (χ0n) is 9.52. The van der Waals surface area contributed by atoms with Crippen LogP contribution in [0.2, 0.25) is 0 Å². The van der Waals surface area contributed by atoms with E-state index in [1.807, 2.05) is 18.2 Å². The zero-order chi connectivity index (χ0) is 13.0. The van der Waals surface area contributed by atoms with Crippen molar-refractivity contribution in [3.63, 3.8) is 0 Å². The first-order chi connectivity index (χ1) is 8.65. The van der Waals surface area contributed by atoms with Crippen LogP contribution in [0, 0.1) is 0 Å². The number of halogens is 1. The van der Waals surface area contributed by atoms with Crippen LogP contribution in [-0.2, 0) is 6.42 Å². The molecule has 18 heavy (non-hydrogen) atoms. The van der Waals surface area contributed by atoms with E-state index in [-0.39, 0.29) is 11.7 Å². The normalized spacial score (nSPS) is 10.3. The Morgan fingerprint density at radius 2 is 1.94 bits per heavy atom. The van der Waals surface area contributed by atoms with Crippen LogP contribution in [0.5, 0.6) is 5.75 Å². The molecule has 0 atom stereocenters. The van der Waals surface area contributed by atoms with Crippen LogP contribution in [0.1, 0.15) is 15.2 Å². The van der Waals surface area contributed by atoms with Crippen LogP contribution in [0.25, 0.3) is 0 Å². The number of hydrogen-bond acceptors (Lipinski definition) is 3. The molecule has 2 N–H and O–H groups in total. The molecule has 1 aromatic heterocycles. The Balaban J connectivity index is 1.82. The van der Waals surface area contributed by atoms with Gasteiger partial charge in [0.2, 0.25) is 0 Å². The Morgan fingerprint density at radius 1 is 1.22 bits per heavy atom. The molecular formula is C13H12BrNO2S. The van der Waals surface area contributed by atoms with E-state index >= 15 is 0 Å². The molecule has 5 heteroatoms. The fourth-order valence-corrected chi connectivity index (χ4v) is 2.81. The molecular weight excluding hydrogens is 314 g/mol. The molecule has 1 heterocycles. The highest BCUT2D eigenvalue weighted by Crippen LogP contribution is 2.21. The molecule has 0 fully saturated rings. The Bertz CT molecular complexity index is 536. The Morgan fingerprint density at radius 3 is 2.56 bits per heavy atom. The highest BCUT2D eigenvalue weighted by molar-refractivity contribution is 9.11. The molecule has 0 unspecified atom stereocenters. The Labute approximate surface area is 118 Å². The van der Waals surface area contributed by atoms with E-state index in [1.165, 1.54) is 11.3 Å². The summed E-state index contributed by atoms with van der Waals surface area (Å²) in [5.74, 6) is 0.204. The number of nitrogens with one attached hydrogen (secondary N) is 1. The minimum Gasteiger partial charge on any atom is -0.508 e. The Hall–Kier alpha value is -1.33. The van der Waals surface area contributed by atoms with Gasteiger partial charge in [-0.05, 0) is 52.2 Å². The van der Waals surface area contributed by atoms with Gasteiger partial charge in [-0.15, -0.1) is 11.3 Å². The number of carbonyl (C=O) groups excluding carboxylic acids is 1. The minimum atomic E-state index is -0.0514. The van der Waals surface area contributed by atoms with Gasteiger partial charge in [-0.1, -0.05) is 12.1 Å². The largest absolute Gasteiger partial charge is 0.508 e. The lowest BCUT2D eigenvalue weighted by molar-refractivity contribution is 0.0958. The molecule has 0 spiro atoms. The minimum absolute atomic E-state index is 0.0514. The maximum atomic E-state index is 11.7. The van der Waals surface area contributed by atoms with E-state index in [2.05, 4.69) is 21.2 Å². The van der Waals surface area contributed by atoms with Crippen LogP contribution in [0.4, 0.5) is 0 Å². The van der Waals surface area contributed by atoms with Gasteiger partial charge in [0.25, 0.3) is 5.91 Å². The molecule has 1 aromatic carbocycles. The Kier molecular flexibility index (Phi) is 4.38. The van der Waals surface area contributed by atoms with E-state index < -0.39 is 0 Å². The van der Waals surface area contributed by atoms with Crippen molar-refractivity contribution in [2.24, 2.45) is 0 Å². The van der Waals surface area contributed by atoms with Crippen molar-refractivity contribution >= 4 is 33.2 Å². The molecule has 0 aliphatic rings.